The van der Waals surface area contributed by atoms with Crippen LogP contribution in [0.15, 0.2) is 60.7 Å². The maximum atomic E-state index is 9.38. The van der Waals surface area contributed by atoms with E-state index in [-0.39, 0.29) is 13.2 Å². The Bertz CT molecular complexity index is 919. The van der Waals surface area contributed by atoms with Crippen LogP contribution in [-0.4, -0.2) is 10.2 Å². The minimum absolute atomic E-state index is 0.0502. The summed E-state index contributed by atoms with van der Waals surface area (Å²) in [7, 11) is 0. The molecule has 4 rings (SSSR count). The number of benzene rings is 4. The van der Waals surface area contributed by atoms with Crippen molar-refractivity contribution in [2.45, 2.75) is 13.2 Å². The van der Waals surface area contributed by atoms with Crippen LogP contribution >= 0.6 is 0 Å². The zero-order valence-corrected chi connectivity index (χ0v) is 12.1. The molecular formula is C20H16O2. The van der Waals surface area contributed by atoms with E-state index in [9.17, 15) is 10.2 Å². The molecule has 22 heavy (non-hydrogen) atoms. The van der Waals surface area contributed by atoms with E-state index in [2.05, 4.69) is 48.5 Å². The molecule has 2 nitrogen and oxygen atoms in total. The van der Waals surface area contributed by atoms with Gasteiger partial charge in [-0.2, -0.15) is 0 Å². The van der Waals surface area contributed by atoms with Gasteiger partial charge in [0.1, 0.15) is 0 Å². The van der Waals surface area contributed by atoms with Crippen molar-refractivity contribution < 1.29 is 10.2 Å². The molecule has 0 atom stereocenters. The molecule has 0 aromatic heterocycles. The molecule has 0 aliphatic carbocycles. The third-order valence-corrected chi connectivity index (χ3v) is 4.33. The van der Waals surface area contributed by atoms with Gasteiger partial charge in [0.2, 0.25) is 0 Å². The van der Waals surface area contributed by atoms with E-state index >= 15 is 0 Å². The van der Waals surface area contributed by atoms with Crippen LogP contribution in [0.1, 0.15) is 11.1 Å². The van der Waals surface area contributed by atoms with E-state index in [0.29, 0.717) is 0 Å². The van der Waals surface area contributed by atoms with E-state index < -0.39 is 0 Å². The van der Waals surface area contributed by atoms with Crippen molar-refractivity contribution in [3.63, 3.8) is 0 Å². The Morgan fingerprint density at radius 2 is 0.909 bits per heavy atom. The fourth-order valence-corrected chi connectivity index (χ4v) is 3.16. The van der Waals surface area contributed by atoms with Crippen LogP contribution in [0.4, 0.5) is 0 Å². The van der Waals surface area contributed by atoms with Crippen LogP contribution in [0.3, 0.4) is 0 Å². The molecule has 0 saturated carbocycles. The second-order valence-corrected chi connectivity index (χ2v) is 5.65. The Morgan fingerprint density at radius 3 is 1.32 bits per heavy atom. The number of aliphatic hydroxyl groups excluding tert-OH is 2. The number of hydrogen-bond donors (Lipinski definition) is 2. The maximum Gasteiger partial charge on any atom is 0.0682 e. The predicted octanol–water partition coefficient (Wildman–Crippen LogP) is 4.13. The van der Waals surface area contributed by atoms with Crippen molar-refractivity contribution in [1.82, 2.24) is 0 Å². The van der Waals surface area contributed by atoms with Crippen molar-refractivity contribution >= 4 is 32.3 Å². The Balaban J connectivity index is 2.15. The third kappa shape index (κ3) is 1.97. The summed E-state index contributed by atoms with van der Waals surface area (Å²) in [5.74, 6) is 0. The van der Waals surface area contributed by atoms with Crippen LogP contribution in [0.2, 0.25) is 0 Å². The molecule has 2 heteroatoms. The zero-order chi connectivity index (χ0) is 15.1. The second kappa shape index (κ2) is 5.09. The largest absolute Gasteiger partial charge is 0.392 e. The Morgan fingerprint density at radius 1 is 0.500 bits per heavy atom. The average molecular weight is 288 g/mol. The van der Waals surface area contributed by atoms with Crippen LogP contribution in [0.25, 0.3) is 32.3 Å². The van der Waals surface area contributed by atoms with Gasteiger partial charge in [0.25, 0.3) is 0 Å². The first-order chi connectivity index (χ1) is 10.8. The topological polar surface area (TPSA) is 40.5 Å². The summed E-state index contributed by atoms with van der Waals surface area (Å²) >= 11 is 0. The maximum absolute atomic E-state index is 9.38. The van der Waals surface area contributed by atoms with Crippen molar-refractivity contribution in [3.05, 3.63) is 71.8 Å². The molecular weight excluding hydrogens is 272 g/mol. The van der Waals surface area contributed by atoms with Gasteiger partial charge in [-0.15, -0.1) is 0 Å². The second-order valence-electron chi connectivity index (χ2n) is 5.65. The molecule has 0 bridgehead atoms. The SMILES string of the molecule is OCc1ccc2ccc3c4cc(CO)ccc4ccc3c2c1. The smallest absolute Gasteiger partial charge is 0.0682 e. The number of aliphatic hydroxyl groups is 2. The highest BCUT2D eigenvalue weighted by molar-refractivity contribution is 6.17. The van der Waals surface area contributed by atoms with Crippen LogP contribution in [-0.2, 0) is 13.2 Å². The first-order valence-electron chi connectivity index (χ1n) is 7.39. The van der Waals surface area contributed by atoms with Gasteiger partial charge in [-0.1, -0.05) is 48.5 Å². The van der Waals surface area contributed by atoms with E-state index in [1.807, 2.05) is 12.1 Å². The summed E-state index contributed by atoms with van der Waals surface area (Å²) in [6, 6.07) is 20.6. The number of fused-ring (bicyclic) bond motifs is 5. The minimum atomic E-state index is 0.0502. The molecule has 0 aliphatic heterocycles. The fraction of sp³-hybridized carbons (Fsp3) is 0.100. The molecule has 0 saturated heterocycles. The van der Waals surface area contributed by atoms with Gasteiger partial charge >= 0.3 is 0 Å². The molecule has 0 heterocycles. The van der Waals surface area contributed by atoms with Crippen LogP contribution in [0, 0.1) is 0 Å². The molecule has 0 spiro atoms. The van der Waals surface area contributed by atoms with Gasteiger partial charge in [-0.3, -0.25) is 0 Å². The Hall–Kier alpha value is -2.42. The standard InChI is InChI=1S/C20H16O2/c21-11-13-1-3-15-5-7-18-17(19(15)9-13)8-6-16-4-2-14(12-22)10-20(16)18/h1-10,21-22H,11-12H2. The summed E-state index contributed by atoms with van der Waals surface area (Å²) < 4.78 is 0. The van der Waals surface area contributed by atoms with E-state index in [4.69, 9.17) is 0 Å². The first-order valence-corrected chi connectivity index (χ1v) is 7.39. The molecule has 0 amide bonds. The van der Waals surface area contributed by atoms with Crippen molar-refractivity contribution in [3.8, 4) is 0 Å². The minimum Gasteiger partial charge on any atom is -0.392 e. The monoisotopic (exact) mass is 288 g/mol. The van der Waals surface area contributed by atoms with Gasteiger partial charge in [-0.05, 0) is 55.6 Å². The summed E-state index contributed by atoms with van der Waals surface area (Å²) in [5.41, 5.74) is 1.84. The van der Waals surface area contributed by atoms with Gasteiger partial charge < -0.3 is 10.2 Å². The van der Waals surface area contributed by atoms with E-state index in [1.54, 1.807) is 0 Å². The fourth-order valence-electron chi connectivity index (χ4n) is 3.16. The lowest BCUT2D eigenvalue weighted by Crippen LogP contribution is -1.87. The number of hydrogen-bond acceptors (Lipinski definition) is 2. The molecule has 0 radical (unpaired) electrons. The lowest BCUT2D eigenvalue weighted by Gasteiger charge is -2.09. The third-order valence-electron chi connectivity index (χ3n) is 4.33. The summed E-state index contributed by atoms with van der Waals surface area (Å²) in [6.07, 6.45) is 0. The molecule has 4 aromatic rings. The average Bonchev–Trinajstić information content (AvgIpc) is 2.60. The zero-order valence-electron chi connectivity index (χ0n) is 12.1. The highest BCUT2D eigenvalue weighted by Gasteiger charge is 2.06. The summed E-state index contributed by atoms with van der Waals surface area (Å²) in [6.45, 7) is 0.100. The Kier molecular flexibility index (Phi) is 3.07. The molecule has 2 N–H and O–H groups in total. The molecule has 0 unspecified atom stereocenters. The quantitative estimate of drug-likeness (QED) is 0.544. The van der Waals surface area contributed by atoms with Gasteiger partial charge in [0, 0.05) is 0 Å². The van der Waals surface area contributed by atoms with E-state index in [1.165, 1.54) is 21.5 Å². The van der Waals surface area contributed by atoms with E-state index in [0.717, 1.165) is 21.9 Å². The highest BCUT2D eigenvalue weighted by Crippen LogP contribution is 2.32. The van der Waals surface area contributed by atoms with Gasteiger partial charge in [-0.25, -0.2) is 0 Å². The molecule has 4 aromatic carbocycles. The molecule has 0 fully saturated rings. The lowest BCUT2D eigenvalue weighted by atomic mass is 9.95. The van der Waals surface area contributed by atoms with Crippen LogP contribution < -0.4 is 0 Å². The summed E-state index contributed by atoms with van der Waals surface area (Å²) in [4.78, 5) is 0. The predicted molar refractivity (Wildman–Crippen MR) is 90.8 cm³/mol. The lowest BCUT2D eigenvalue weighted by molar-refractivity contribution is 0.282. The Labute approximate surface area is 128 Å². The van der Waals surface area contributed by atoms with Crippen molar-refractivity contribution in [2.24, 2.45) is 0 Å². The van der Waals surface area contributed by atoms with Crippen molar-refractivity contribution in [1.29, 1.82) is 0 Å². The summed E-state index contributed by atoms with van der Waals surface area (Å²) in [5, 5.41) is 25.8. The highest BCUT2D eigenvalue weighted by atomic mass is 16.3. The molecule has 0 aliphatic rings. The molecule has 108 valence electrons. The van der Waals surface area contributed by atoms with Gasteiger partial charge in [0.15, 0.2) is 0 Å². The van der Waals surface area contributed by atoms with Crippen LogP contribution in [0.5, 0.6) is 0 Å². The van der Waals surface area contributed by atoms with Crippen molar-refractivity contribution in [2.75, 3.05) is 0 Å². The normalized spacial score (nSPS) is 11.5. The number of rotatable bonds is 2. The van der Waals surface area contributed by atoms with Gasteiger partial charge in [0.05, 0.1) is 13.2 Å². The first kappa shape index (κ1) is 13.3.